The van der Waals surface area contributed by atoms with Crippen LogP contribution in [0.4, 0.5) is 5.82 Å². The van der Waals surface area contributed by atoms with E-state index in [1.54, 1.807) is 0 Å². The van der Waals surface area contributed by atoms with E-state index in [9.17, 15) is 0 Å². The van der Waals surface area contributed by atoms with E-state index in [2.05, 4.69) is 37.9 Å². The van der Waals surface area contributed by atoms with Crippen LogP contribution in [0.3, 0.4) is 0 Å². The molecule has 21 heavy (non-hydrogen) atoms. The Morgan fingerprint density at radius 1 is 0.905 bits per heavy atom. The summed E-state index contributed by atoms with van der Waals surface area (Å²) < 4.78 is 5.67. The maximum Gasteiger partial charge on any atom is 0 e. The van der Waals surface area contributed by atoms with Crippen LogP contribution >= 0.6 is 0 Å². The predicted molar refractivity (Wildman–Crippen MR) is 92.8 cm³/mol. The molecule has 1 radical (unpaired) electrons. The molecule has 4 heteroatoms. The predicted octanol–water partition coefficient (Wildman–Crippen LogP) is 5.82. The quantitative estimate of drug-likeness (QED) is 0.308. The Balaban J connectivity index is 0.00000400. The number of rotatable bonds is 10. The maximum absolute atomic E-state index is 7.87. The first-order valence-corrected chi connectivity index (χ1v) is 15.9. The van der Waals surface area contributed by atoms with Crippen molar-refractivity contribution in [2.75, 3.05) is 0 Å². The number of aromatic nitrogens is 1. The maximum atomic E-state index is 7.87. The zero-order valence-corrected chi connectivity index (χ0v) is 21.7. The molecule has 0 bridgehead atoms. The molecule has 0 amide bonds. The van der Waals surface area contributed by atoms with E-state index in [0.29, 0.717) is 5.82 Å². The van der Waals surface area contributed by atoms with Crippen molar-refractivity contribution in [3.8, 4) is 0 Å². The average molecular weight is 609 g/mol. The van der Waals surface area contributed by atoms with Gasteiger partial charge in [-0.2, -0.15) is 0 Å². The fourth-order valence-corrected chi connectivity index (χ4v) is 18.5. The van der Waals surface area contributed by atoms with E-state index in [1.165, 1.54) is 55.5 Å². The van der Waals surface area contributed by atoms with Crippen LogP contribution in [0.25, 0.3) is 5.73 Å². The van der Waals surface area contributed by atoms with Gasteiger partial charge in [0, 0.05) is 44.1 Å². The Kier molecular flexibility index (Phi) is 13.3. The van der Waals surface area contributed by atoms with Gasteiger partial charge < -0.3 is 0 Å². The van der Waals surface area contributed by atoms with E-state index in [1.807, 2.05) is 6.07 Å². The van der Waals surface area contributed by atoms with Gasteiger partial charge in [-0.1, -0.05) is 0 Å². The number of hydrogen-bond acceptors (Lipinski definition) is 1. The summed E-state index contributed by atoms with van der Waals surface area (Å²) in [5.74, 6) is 0.466. The standard InChI is InChI=1S/C5H4N2.3C4H9.Ac.Sn/c6-5-3-1-2-4-7-5;3*1-3-4-2;;/h1-3H,(H-,6,7);3*1,3-4H2,2H3;;/q-1;;;;;. The Morgan fingerprint density at radius 2 is 1.38 bits per heavy atom. The summed E-state index contributed by atoms with van der Waals surface area (Å²) in [5.41, 5.74) is 7.87. The molecule has 0 saturated carbocycles. The van der Waals surface area contributed by atoms with Crippen LogP contribution in [0.5, 0.6) is 0 Å². The van der Waals surface area contributed by atoms with Crippen LogP contribution in [0.15, 0.2) is 18.2 Å². The van der Waals surface area contributed by atoms with Crippen molar-refractivity contribution >= 4 is 27.9 Å². The van der Waals surface area contributed by atoms with Gasteiger partial charge in [0.15, 0.2) is 0 Å². The molecule has 1 aromatic rings. The van der Waals surface area contributed by atoms with Crippen molar-refractivity contribution in [2.45, 2.75) is 72.6 Å². The normalized spacial score (nSPS) is 11.2. The SMILES string of the molecule is CCC[CH2][Sn]([CH2]CCC)([CH2]CCC)[c]1cccc([NH-])n1.[Ac]. The minimum absolute atomic E-state index is 0. The first-order chi connectivity index (χ1) is 9.68. The van der Waals surface area contributed by atoms with E-state index in [0.717, 1.165) is 0 Å². The smallest absolute Gasteiger partial charge is 0 e. The van der Waals surface area contributed by atoms with Crippen LogP contribution in [-0.4, -0.2) is 23.4 Å². The number of pyridine rings is 1. The number of hydrogen-bond donors (Lipinski definition) is 0. The Morgan fingerprint density at radius 3 is 1.76 bits per heavy atom. The van der Waals surface area contributed by atoms with Crippen LogP contribution in [0, 0.1) is 44.1 Å². The molecular formula is C17H31AcN2Sn-. The molecule has 1 rings (SSSR count). The summed E-state index contributed by atoms with van der Waals surface area (Å²) in [6.45, 7) is 6.89. The largest absolute Gasteiger partial charge is 0 e. The van der Waals surface area contributed by atoms with Crippen molar-refractivity contribution in [1.82, 2.24) is 4.98 Å². The fraction of sp³-hybridized carbons (Fsp3) is 0.706. The van der Waals surface area contributed by atoms with Crippen molar-refractivity contribution < 1.29 is 44.1 Å². The topological polar surface area (TPSA) is 36.7 Å². The average Bonchev–Trinajstić information content (AvgIpc) is 2.47. The number of nitrogens with one attached hydrogen (secondary N) is 1. The Bertz CT molecular complexity index is 363. The molecule has 0 aliphatic rings. The zero-order chi connectivity index (χ0) is 14.8. The van der Waals surface area contributed by atoms with Crippen molar-refractivity contribution in [1.29, 1.82) is 0 Å². The monoisotopic (exact) mass is 610 g/mol. The molecule has 0 aromatic carbocycles. The van der Waals surface area contributed by atoms with Gasteiger partial charge in [0.25, 0.3) is 0 Å². The third-order valence-corrected chi connectivity index (χ3v) is 19.4. The molecule has 1 aromatic heterocycles. The summed E-state index contributed by atoms with van der Waals surface area (Å²) >= 11 is -2.37. The van der Waals surface area contributed by atoms with Crippen LogP contribution < -0.4 is 3.71 Å². The second-order valence-corrected chi connectivity index (χ2v) is 19.1. The summed E-state index contributed by atoms with van der Waals surface area (Å²) in [6, 6.07) is 6.12. The van der Waals surface area contributed by atoms with Crippen LogP contribution in [0.2, 0.25) is 13.3 Å². The van der Waals surface area contributed by atoms with E-state index in [4.69, 9.17) is 5.73 Å². The molecule has 0 aliphatic carbocycles. The van der Waals surface area contributed by atoms with Crippen molar-refractivity contribution in [2.24, 2.45) is 0 Å². The molecule has 0 spiro atoms. The molecule has 0 unspecified atom stereocenters. The molecule has 0 aliphatic heterocycles. The Labute approximate surface area is 171 Å². The molecule has 0 fully saturated rings. The molecule has 0 atom stereocenters. The van der Waals surface area contributed by atoms with Gasteiger partial charge in [-0.25, -0.2) is 0 Å². The molecule has 0 saturated heterocycles. The Hall–Kier alpha value is 1.19. The molecule has 1 N–H and O–H groups in total. The molecular weight excluding hydrogens is 578 g/mol. The molecule has 117 valence electrons. The van der Waals surface area contributed by atoms with E-state index >= 15 is 0 Å². The third-order valence-electron chi connectivity index (χ3n) is 4.32. The van der Waals surface area contributed by atoms with Gasteiger partial charge in [-0.05, 0) is 0 Å². The summed E-state index contributed by atoms with van der Waals surface area (Å²) in [6.07, 6.45) is 7.93. The van der Waals surface area contributed by atoms with Gasteiger partial charge in [-0.3, -0.25) is 0 Å². The summed E-state index contributed by atoms with van der Waals surface area (Å²) in [5, 5.41) is 0. The second kappa shape index (κ2) is 12.6. The van der Waals surface area contributed by atoms with Gasteiger partial charge >= 0.3 is 129 Å². The van der Waals surface area contributed by atoms with Crippen LogP contribution in [-0.2, 0) is 0 Å². The number of unbranched alkanes of at least 4 members (excludes halogenated alkanes) is 3. The van der Waals surface area contributed by atoms with Gasteiger partial charge in [0.1, 0.15) is 0 Å². The van der Waals surface area contributed by atoms with Crippen LogP contribution in [0.1, 0.15) is 59.3 Å². The fourth-order valence-electron chi connectivity index (χ4n) is 3.03. The zero-order valence-electron chi connectivity index (χ0n) is 14.1. The van der Waals surface area contributed by atoms with E-state index < -0.39 is 18.4 Å². The minimum atomic E-state index is -2.37. The molecule has 1 heterocycles. The summed E-state index contributed by atoms with van der Waals surface area (Å²) in [7, 11) is 0. The van der Waals surface area contributed by atoms with Crippen molar-refractivity contribution in [3.05, 3.63) is 23.9 Å². The first kappa shape index (κ1) is 22.2. The number of nitrogens with zero attached hydrogens (tertiary/aromatic N) is 1. The third kappa shape index (κ3) is 7.53. The molecule has 2 nitrogen and oxygen atoms in total. The van der Waals surface area contributed by atoms with Crippen molar-refractivity contribution in [3.63, 3.8) is 0 Å². The minimum Gasteiger partial charge on any atom is 0 e. The second-order valence-electron chi connectivity index (χ2n) is 6.00. The van der Waals surface area contributed by atoms with Gasteiger partial charge in [-0.15, -0.1) is 0 Å². The first-order valence-electron chi connectivity index (χ1n) is 8.37. The summed E-state index contributed by atoms with van der Waals surface area (Å²) in [4.78, 5) is 4.66. The van der Waals surface area contributed by atoms with Gasteiger partial charge in [0.2, 0.25) is 0 Å². The van der Waals surface area contributed by atoms with E-state index in [-0.39, 0.29) is 44.1 Å². The van der Waals surface area contributed by atoms with Gasteiger partial charge in [0.05, 0.1) is 0 Å².